The Bertz CT molecular complexity index is 851. The summed E-state index contributed by atoms with van der Waals surface area (Å²) < 4.78 is 30.8. The highest BCUT2D eigenvalue weighted by Gasteiger charge is 2.39. The van der Waals surface area contributed by atoms with E-state index in [1.165, 1.54) is 12.8 Å². The summed E-state index contributed by atoms with van der Waals surface area (Å²) in [6, 6.07) is 13.3. The van der Waals surface area contributed by atoms with E-state index in [2.05, 4.69) is 0 Å². The lowest BCUT2D eigenvalue weighted by Gasteiger charge is -2.25. The Morgan fingerprint density at radius 1 is 1.00 bits per heavy atom. The highest BCUT2D eigenvalue weighted by Crippen LogP contribution is 2.49. The van der Waals surface area contributed by atoms with E-state index >= 15 is 0 Å². The van der Waals surface area contributed by atoms with Crippen molar-refractivity contribution in [3.8, 4) is 11.5 Å². The Morgan fingerprint density at radius 3 is 2.52 bits per heavy atom. The summed E-state index contributed by atoms with van der Waals surface area (Å²) in [4.78, 5) is 0.478. The van der Waals surface area contributed by atoms with Crippen molar-refractivity contribution in [2.75, 3.05) is 5.75 Å². The van der Waals surface area contributed by atoms with Gasteiger partial charge in [-0.2, -0.15) is 0 Å². The fourth-order valence-corrected chi connectivity index (χ4v) is 5.16. The van der Waals surface area contributed by atoms with Gasteiger partial charge in [-0.1, -0.05) is 18.2 Å². The second-order valence-corrected chi connectivity index (χ2v) is 8.75. The van der Waals surface area contributed by atoms with Gasteiger partial charge in [-0.05, 0) is 73.4 Å². The molecule has 0 amide bonds. The molecule has 0 aromatic heterocycles. The topological polar surface area (TPSA) is 43.4 Å². The molecule has 1 unspecified atom stereocenters. The number of hydrogen-bond donors (Lipinski definition) is 0. The second kappa shape index (κ2) is 5.38. The van der Waals surface area contributed by atoms with Gasteiger partial charge >= 0.3 is 0 Å². The van der Waals surface area contributed by atoms with Crippen LogP contribution in [0.25, 0.3) is 0 Å². The number of rotatable bonds is 3. The summed E-state index contributed by atoms with van der Waals surface area (Å²) in [7, 11) is -3.18. The molecule has 1 aliphatic heterocycles. The van der Waals surface area contributed by atoms with E-state index in [1.807, 2.05) is 43.3 Å². The summed E-state index contributed by atoms with van der Waals surface area (Å²) in [6.45, 7) is 2.00. The number of aryl methyl sites for hydroxylation is 1. The molecule has 0 bridgehead atoms. The van der Waals surface area contributed by atoms with Crippen LogP contribution in [0.2, 0.25) is 0 Å². The average molecular weight is 328 g/mol. The Hall–Kier alpha value is -1.81. The van der Waals surface area contributed by atoms with Gasteiger partial charge < -0.3 is 4.74 Å². The molecule has 2 aromatic carbocycles. The Balaban J connectivity index is 1.71. The fourth-order valence-electron chi connectivity index (χ4n) is 3.50. The maximum atomic E-state index is 12.5. The number of benzene rings is 2. The molecule has 23 heavy (non-hydrogen) atoms. The normalized spacial score (nSPS) is 22.4. The monoisotopic (exact) mass is 328 g/mol. The van der Waals surface area contributed by atoms with Crippen molar-refractivity contribution in [2.24, 2.45) is 5.92 Å². The Morgan fingerprint density at radius 2 is 1.78 bits per heavy atom. The number of ether oxygens (including phenoxy) is 1. The van der Waals surface area contributed by atoms with Crippen LogP contribution in [0.5, 0.6) is 11.5 Å². The molecule has 0 spiro atoms. The Kier molecular flexibility index (Phi) is 3.45. The second-order valence-electron chi connectivity index (χ2n) is 6.67. The van der Waals surface area contributed by atoms with Crippen LogP contribution in [0.3, 0.4) is 0 Å². The molecule has 2 aromatic rings. The lowest BCUT2D eigenvalue weighted by molar-refractivity contribution is 0.476. The minimum absolute atomic E-state index is 0.259. The third kappa shape index (κ3) is 2.88. The summed E-state index contributed by atoms with van der Waals surface area (Å²) in [5, 5.41) is 0. The van der Waals surface area contributed by atoms with Crippen molar-refractivity contribution < 1.29 is 13.2 Å². The molecule has 1 saturated carbocycles. The first-order chi connectivity index (χ1) is 11.0. The molecule has 1 aliphatic carbocycles. The maximum absolute atomic E-state index is 12.5. The number of fused-ring (bicyclic) bond motifs is 1. The quantitative estimate of drug-likeness (QED) is 0.835. The molecule has 0 saturated heterocycles. The largest absolute Gasteiger partial charge is 0.457 e. The van der Waals surface area contributed by atoms with Crippen LogP contribution in [0.1, 0.15) is 36.3 Å². The van der Waals surface area contributed by atoms with E-state index in [4.69, 9.17) is 4.74 Å². The van der Waals surface area contributed by atoms with Gasteiger partial charge in [0.1, 0.15) is 11.5 Å². The van der Waals surface area contributed by atoms with Crippen LogP contribution in [-0.2, 0) is 9.84 Å². The van der Waals surface area contributed by atoms with Crippen LogP contribution >= 0.6 is 0 Å². The van der Waals surface area contributed by atoms with Crippen LogP contribution < -0.4 is 4.74 Å². The third-order valence-corrected chi connectivity index (χ3v) is 6.63. The summed E-state index contributed by atoms with van der Waals surface area (Å²) in [5.41, 5.74) is 2.11. The van der Waals surface area contributed by atoms with Gasteiger partial charge in [-0.15, -0.1) is 0 Å². The molecule has 0 N–H and O–H groups in total. The zero-order valence-electron chi connectivity index (χ0n) is 13.2. The molecule has 4 rings (SSSR count). The number of hydrogen-bond acceptors (Lipinski definition) is 3. The zero-order chi connectivity index (χ0) is 16.0. The van der Waals surface area contributed by atoms with E-state index in [0.29, 0.717) is 22.5 Å². The molecule has 120 valence electrons. The van der Waals surface area contributed by atoms with E-state index in [0.717, 1.165) is 23.3 Å². The van der Waals surface area contributed by atoms with Crippen molar-refractivity contribution in [3.63, 3.8) is 0 Å². The molecule has 2 aliphatic rings. The lowest BCUT2D eigenvalue weighted by atomic mass is 9.91. The minimum Gasteiger partial charge on any atom is -0.457 e. The molecule has 1 heterocycles. The van der Waals surface area contributed by atoms with Gasteiger partial charge in [-0.25, -0.2) is 8.42 Å². The van der Waals surface area contributed by atoms with E-state index in [1.54, 1.807) is 6.07 Å². The highest BCUT2D eigenvalue weighted by atomic mass is 32.2. The van der Waals surface area contributed by atoms with Crippen LogP contribution in [-0.4, -0.2) is 14.2 Å². The van der Waals surface area contributed by atoms with Crippen molar-refractivity contribution >= 4 is 9.84 Å². The van der Waals surface area contributed by atoms with Crippen molar-refractivity contribution in [1.29, 1.82) is 0 Å². The predicted octanol–water partition coefficient (Wildman–Crippen LogP) is 4.46. The maximum Gasteiger partial charge on any atom is 0.178 e. The van der Waals surface area contributed by atoms with E-state index in [9.17, 15) is 8.42 Å². The molecule has 4 heteroatoms. The van der Waals surface area contributed by atoms with Crippen LogP contribution in [0.15, 0.2) is 47.4 Å². The van der Waals surface area contributed by atoms with Crippen LogP contribution in [0, 0.1) is 12.8 Å². The third-order valence-electron chi connectivity index (χ3n) is 4.83. The molecule has 1 atom stereocenters. The summed E-state index contributed by atoms with van der Waals surface area (Å²) in [5.74, 6) is 2.66. The smallest absolute Gasteiger partial charge is 0.178 e. The lowest BCUT2D eigenvalue weighted by Crippen LogP contribution is -2.21. The van der Waals surface area contributed by atoms with Gasteiger partial charge in [0.25, 0.3) is 0 Å². The number of sulfone groups is 1. The van der Waals surface area contributed by atoms with Gasteiger partial charge in [0, 0.05) is 0 Å². The Labute approximate surface area is 137 Å². The average Bonchev–Trinajstić information content (AvgIpc) is 3.33. The van der Waals surface area contributed by atoms with Crippen LogP contribution in [0.4, 0.5) is 0 Å². The molecule has 0 radical (unpaired) electrons. The minimum atomic E-state index is -3.18. The van der Waals surface area contributed by atoms with Gasteiger partial charge in [0.2, 0.25) is 0 Å². The van der Waals surface area contributed by atoms with Gasteiger partial charge in [0.05, 0.1) is 10.6 Å². The van der Waals surface area contributed by atoms with Crippen molar-refractivity contribution in [3.05, 3.63) is 53.6 Å². The molecule has 1 fully saturated rings. The van der Waals surface area contributed by atoms with Crippen molar-refractivity contribution in [2.45, 2.75) is 37.0 Å². The first kappa shape index (κ1) is 14.8. The zero-order valence-corrected chi connectivity index (χ0v) is 14.0. The molecular formula is C19H20O3S. The molecule has 3 nitrogen and oxygen atoms in total. The van der Waals surface area contributed by atoms with E-state index < -0.39 is 9.84 Å². The SMILES string of the molecule is Cc1cccc(Oc2ccc3c(c2)S(=O)(=O)CCC3C2CC2)c1. The van der Waals surface area contributed by atoms with Crippen molar-refractivity contribution in [1.82, 2.24) is 0 Å². The predicted molar refractivity (Wildman–Crippen MR) is 89.8 cm³/mol. The highest BCUT2D eigenvalue weighted by molar-refractivity contribution is 7.91. The van der Waals surface area contributed by atoms with Gasteiger partial charge in [0.15, 0.2) is 9.84 Å². The summed E-state index contributed by atoms with van der Waals surface area (Å²) >= 11 is 0. The summed E-state index contributed by atoms with van der Waals surface area (Å²) in [6.07, 6.45) is 3.22. The standard InChI is InChI=1S/C19H20O3S/c1-13-3-2-4-15(11-13)22-16-7-8-18-17(14-5-6-14)9-10-23(20,21)19(18)12-16/h2-4,7-8,11-12,14,17H,5-6,9-10H2,1H3. The molecular weight excluding hydrogens is 308 g/mol. The van der Waals surface area contributed by atoms with Gasteiger partial charge in [-0.3, -0.25) is 0 Å². The first-order valence-corrected chi connectivity index (χ1v) is 9.79. The van der Waals surface area contributed by atoms with E-state index in [-0.39, 0.29) is 5.75 Å². The first-order valence-electron chi connectivity index (χ1n) is 8.14. The fraction of sp³-hybridized carbons (Fsp3) is 0.368.